The molecule has 4 N–H and O–H groups in total. The first-order chi connectivity index (χ1) is 17.8. The van der Waals surface area contributed by atoms with Crippen LogP contribution < -0.4 is 16.1 Å². The molecule has 1 heterocycles. The lowest BCUT2D eigenvalue weighted by Crippen LogP contribution is -2.07. The van der Waals surface area contributed by atoms with E-state index < -0.39 is 16.7 Å². The van der Waals surface area contributed by atoms with E-state index in [1.54, 1.807) is 0 Å². The quantitative estimate of drug-likeness (QED) is 0.146. The van der Waals surface area contributed by atoms with Gasteiger partial charge in [-0.2, -0.15) is 20.1 Å². The number of anilines is 5. The number of aromatic nitrogens is 3. The molecule has 0 atom stereocenters. The van der Waals surface area contributed by atoms with Gasteiger partial charge in [0.1, 0.15) is 5.82 Å². The van der Waals surface area contributed by atoms with Crippen LogP contribution in [0.2, 0.25) is 0 Å². The van der Waals surface area contributed by atoms with Crippen LogP contribution in [0.15, 0.2) is 84.0 Å². The summed E-state index contributed by atoms with van der Waals surface area (Å²) >= 11 is 0. The molecule has 0 unspecified atom stereocenters. The maximum atomic E-state index is 14.0. The number of aliphatic carboxylic acids is 1. The second kappa shape index (κ2) is 12.9. The zero-order chi connectivity index (χ0) is 26.6. The van der Waals surface area contributed by atoms with Gasteiger partial charge in [0.15, 0.2) is 0 Å². The molecule has 0 aliphatic rings. The van der Waals surface area contributed by atoms with Crippen LogP contribution in [0, 0.1) is 15.9 Å². The minimum Gasteiger partial charge on any atom is -0.481 e. The number of halogens is 1. The molecule has 3 aromatic carbocycles. The summed E-state index contributed by atoms with van der Waals surface area (Å²) in [6, 6.07) is 21.8. The third-order valence-corrected chi connectivity index (χ3v) is 4.25. The van der Waals surface area contributed by atoms with E-state index >= 15 is 0 Å². The summed E-state index contributed by atoms with van der Waals surface area (Å²) in [5.74, 6) is -0.925. The molecule has 0 fully saturated rings. The summed E-state index contributed by atoms with van der Waals surface area (Å²) in [6.07, 6.45) is 1.11. The highest BCUT2D eigenvalue weighted by Gasteiger charge is 2.10. The number of para-hydroxylation sites is 2. The maximum Gasteiger partial charge on any atom is 0.300 e. The molecule has 188 valence electrons. The molecule has 4 rings (SSSR count). The summed E-state index contributed by atoms with van der Waals surface area (Å²) in [5, 5.41) is 28.4. The van der Waals surface area contributed by atoms with Crippen LogP contribution in [-0.4, -0.2) is 37.2 Å². The molecule has 0 aliphatic carbocycles. The SMILES string of the molecule is CC(=O)O.O=[N+]([O-])c1ccc(F)c(/C=N/Nc2nc(Nc3ccccc3)nc(Nc3ccccc3)n2)c1. The summed E-state index contributed by atoms with van der Waals surface area (Å²) in [6.45, 7) is 1.08. The molecule has 0 spiro atoms. The number of nitrogens with one attached hydrogen (secondary N) is 3. The normalized spacial score (nSPS) is 10.2. The number of nitrogens with zero attached hydrogens (tertiary/aromatic N) is 5. The van der Waals surface area contributed by atoms with Crippen LogP contribution >= 0.6 is 0 Å². The summed E-state index contributed by atoms with van der Waals surface area (Å²) in [5.41, 5.74) is 3.84. The van der Waals surface area contributed by atoms with Crippen LogP contribution in [0.3, 0.4) is 0 Å². The number of nitro benzene ring substituents is 1. The Labute approximate surface area is 210 Å². The fraction of sp³-hybridized carbons (Fsp3) is 0.0417. The molecule has 0 saturated carbocycles. The average molecular weight is 504 g/mol. The van der Waals surface area contributed by atoms with Crippen LogP contribution in [0.5, 0.6) is 0 Å². The van der Waals surface area contributed by atoms with Crippen molar-refractivity contribution in [3.63, 3.8) is 0 Å². The van der Waals surface area contributed by atoms with Crippen LogP contribution in [0.25, 0.3) is 0 Å². The fourth-order valence-corrected chi connectivity index (χ4v) is 2.74. The monoisotopic (exact) mass is 504 g/mol. The molecule has 0 amide bonds. The number of hydrogen-bond acceptors (Lipinski definition) is 10. The second-order valence-electron chi connectivity index (χ2n) is 7.14. The number of carboxylic acid groups (broad SMARTS) is 1. The first-order valence-corrected chi connectivity index (χ1v) is 10.6. The van der Waals surface area contributed by atoms with E-state index in [2.05, 4.69) is 36.1 Å². The number of non-ortho nitro benzene ring substituents is 1. The van der Waals surface area contributed by atoms with Crippen molar-refractivity contribution in [2.24, 2.45) is 5.10 Å². The van der Waals surface area contributed by atoms with Gasteiger partial charge in [-0.1, -0.05) is 36.4 Å². The van der Waals surface area contributed by atoms with E-state index in [-0.39, 0.29) is 29.1 Å². The Morgan fingerprint density at radius 3 is 1.89 bits per heavy atom. The smallest absolute Gasteiger partial charge is 0.300 e. The first kappa shape index (κ1) is 26.2. The Morgan fingerprint density at radius 1 is 0.919 bits per heavy atom. The van der Waals surface area contributed by atoms with Gasteiger partial charge in [0.2, 0.25) is 17.8 Å². The maximum absolute atomic E-state index is 14.0. The van der Waals surface area contributed by atoms with Gasteiger partial charge in [-0.15, -0.1) is 0 Å². The lowest BCUT2D eigenvalue weighted by Gasteiger charge is -2.10. The molecule has 12 nitrogen and oxygen atoms in total. The van der Waals surface area contributed by atoms with E-state index in [1.807, 2.05) is 60.7 Å². The van der Waals surface area contributed by atoms with Gasteiger partial charge in [0, 0.05) is 36.0 Å². The molecule has 0 radical (unpaired) electrons. The van der Waals surface area contributed by atoms with Gasteiger partial charge in [0.25, 0.3) is 11.7 Å². The van der Waals surface area contributed by atoms with Crippen molar-refractivity contribution >= 4 is 47.1 Å². The summed E-state index contributed by atoms with van der Waals surface area (Å²) < 4.78 is 14.0. The van der Waals surface area contributed by atoms with Crippen molar-refractivity contribution in [2.75, 3.05) is 16.1 Å². The van der Waals surface area contributed by atoms with Gasteiger partial charge < -0.3 is 15.7 Å². The molecule has 13 heteroatoms. The lowest BCUT2D eigenvalue weighted by molar-refractivity contribution is -0.384. The first-order valence-electron chi connectivity index (χ1n) is 10.6. The molecule has 0 aliphatic heterocycles. The fourth-order valence-electron chi connectivity index (χ4n) is 2.74. The van der Waals surface area contributed by atoms with Crippen molar-refractivity contribution < 1.29 is 19.2 Å². The molecule has 0 bridgehead atoms. The molecule has 1 aromatic heterocycles. The van der Waals surface area contributed by atoms with E-state index in [0.29, 0.717) is 0 Å². The molecule has 4 aromatic rings. The van der Waals surface area contributed by atoms with Crippen molar-refractivity contribution in [2.45, 2.75) is 6.92 Å². The van der Waals surface area contributed by atoms with Gasteiger partial charge in [0.05, 0.1) is 11.1 Å². The number of carbonyl (C=O) groups is 1. The van der Waals surface area contributed by atoms with Gasteiger partial charge in [-0.3, -0.25) is 14.9 Å². The minimum absolute atomic E-state index is 0.0592. The Morgan fingerprint density at radius 2 is 1.41 bits per heavy atom. The highest BCUT2D eigenvalue weighted by molar-refractivity contribution is 5.81. The Hall–Kier alpha value is -5.46. The average Bonchev–Trinajstić information content (AvgIpc) is 2.86. The minimum atomic E-state index is -0.833. The second-order valence-corrected chi connectivity index (χ2v) is 7.14. The highest BCUT2D eigenvalue weighted by Crippen LogP contribution is 2.19. The van der Waals surface area contributed by atoms with Crippen molar-refractivity contribution in [3.05, 3.63) is 100 Å². The predicted molar refractivity (Wildman–Crippen MR) is 137 cm³/mol. The van der Waals surface area contributed by atoms with Crippen molar-refractivity contribution in [3.8, 4) is 0 Å². The van der Waals surface area contributed by atoms with Gasteiger partial charge in [-0.05, 0) is 30.3 Å². The van der Waals surface area contributed by atoms with Crippen LogP contribution in [-0.2, 0) is 4.79 Å². The third kappa shape index (κ3) is 8.68. The third-order valence-electron chi connectivity index (χ3n) is 4.25. The van der Waals surface area contributed by atoms with Crippen molar-refractivity contribution in [1.82, 2.24) is 15.0 Å². The lowest BCUT2D eigenvalue weighted by atomic mass is 10.2. The van der Waals surface area contributed by atoms with Crippen LogP contribution in [0.1, 0.15) is 12.5 Å². The number of hydrogen-bond donors (Lipinski definition) is 4. The Kier molecular flexibility index (Phi) is 9.08. The topological polar surface area (TPSA) is 168 Å². The molecule has 0 saturated heterocycles. The number of benzene rings is 3. The molecule has 37 heavy (non-hydrogen) atoms. The molecular formula is C24H21FN8O4. The van der Waals surface area contributed by atoms with E-state index in [9.17, 15) is 14.5 Å². The van der Waals surface area contributed by atoms with Gasteiger partial charge >= 0.3 is 0 Å². The van der Waals surface area contributed by atoms with Gasteiger partial charge in [-0.25, -0.2) is 9.82 Å². The van der Waals surface area contributed by atoms with E-state index in [0.717, 1.165) is 42.7 Å². The number of nitro groups is 1. The number of carboxylic acids is 1. The standard InChI is InChI=1S/C22H17FN8O2.C2H4O2/c23-19-12-11-18(31(32)33)13-15(19)14-24-30-22-28-20(25-16-7-3-1-4-8-16)27-21(29-22)26-17-9-5-2-6-10-17;1-2(3)4/h1-14H,(H3,25,26,27,28,29,30);1H3,(H,3,4)/b24-14+;. The largest absolute Gasteiger partial charge is 0.481 e. The predicted octanol–water partition coefficient (Wildman–Crippen LogP) is 4.94. The van der Waals surface area contributed by atoms with E-state index in [1.165, 1.54) is 0 Å². The zero-order valence-corrected chi connectivity index (χ0v) is 19.4. The summed E-state index contributed by atoms with van der Waals surface area (Å²) in [4.78, 5) is 32.2. The van der Waals surface area contributed by atoms with Crippen LogP contribution in [0.4, 0.5) is 39.3 Å². The Bertz CT molecular complexity index is 1320. The number of rotatable bonds is 8. The number of hydrazone groups is 1. The van der Waals surface area contributed by atoms with Crippen molar-refractivity contribution in [1.29, 1.82) is 0 Å². The summed E-state index contributed by atoms with van der Waals surface area (Å²) in [7, 11) is 0. The highest BCUT2D eigenvalue weighted by atomic mass is 19.1. The Balaban J connectivity index is 0.000000886. The zero-order valence-electron chi connectivity index (χ0n) is 19.4. The van der Waals surface area contributed by atoms with E-state index in [4.69, 9.17) is 9.90 Å². The molecular weight excluding hydrogens is 483 g/mol.